The highest BCUT2D eigenvalue weighted by Crippen LogP contribution is 2.26. The molecule has 1 heterocycles. The molecule has 0 radical (unpaired) electrons. The number of rotatable bonds is 2. The van der Waals surface area contributed by atoms with Crippen molar-refractivity contribution in [1.29, 1.82) is 0 Å². The van der Waals surface area contributed by atoms with Gasteiger partial charge in [0.15, 0.2) is 0 Å². The predicted molar refractivity (Wildman–Crippen MR) is 55.9 cm³/mol. The van der Waals surface area contributed by atoms with Crippen LogP contribution in [-0.4, -0.2) is 17.9 Å². The first kappa shape index (κ1) is 10.3. The first-order valence-corrected chi connectivity index (χ1v) is 5.13. The van der Waals surface area contributed by atoms with Gasteiger partial charge in [0.25, 0.3) is 0 Å². The van der Waals surface area contributed by atoms with Crippen molar-refractivity contribution in [2.24, 2.45) is 0 Å². The minimum absolute atomic E-state index is 0.110. The molecule has 0 bridgehead atoms. The van der Waals surface area contributed by atoms with Gasteiger partial charge in [-0.1, -0.05) is 0 Å². The zero-order valence-electron chi connectivity index (χ0n) is 8.50. The lowest BCUT2D eigenvalue weighted by Crippen LogP contribution is -2.26. The Morgan fingerprint density at radius 3 is 2.54 bits per heavy atom. The molecule has 72 valence electrons. The first-order valence-electron chi connectivity index (χ1n) is 4.32. The lowest BCUT2D eigenvalue weighted by molar-refractivity contribution is -0.129. The minimum atomic E-state index is 0.110. The van der Waals surface area contributed by atoms with Crippen LogP contribution in [0, 0.1) is 6.92 Å². The fourth-order valence-corrected chi connectivity index (χ4v) is 2.11. The summed E-state index contributed by atoms with van der Waals surface area (Å²) >= 11 is 1.75. The number of amides is 1. The fourth-order valence-electron chi connectivity index (χ4n) is 1.14. The molecule has 0 aliphatic heterocycles. The van der Waals surface area contributed by atoms with E-state index in [0.717, 1.165) is 0 Å². The smallest absolute Gasteiger partial charge is 0.219 e. The van der Waals surface area contributed by atoms with Crippen molar-refractivity contribution in [2.45, 2.75) is 26.8 Å². The van der Waals surface area contributed by atoms with Crippen molar-refractivity contribution in [2.75, 3.05) is 7.05 Å². The Hall–Kier alpha value is -0.830. The van der Waals surface area contributed by atoms with Crippen LogP contribution in [0.4, 0.5) is 0 Å². The number of thiophene rings is 1. The molecule has 0 aliphatic carbocycles. The van der Waals surface area contributed by atoms with Crippen LogP contribution in [0.2, 0.25) is 0 Å². The Morgan fingerprint density at radius 2 is 2.15 bits per heavy atom. The summed E-state index contributed by atoms with van der Waals surface area (Å²) in [5.41, 5.74) is 0. The van der Waals surface area contributed by atoms with Crippen molar-refractivity contribution < 1.29 is 4.79 Å². The number of nitrogens with zero attached hydrogens (tertiary/aromatic N) is 1. The molecule has 1 atom stereocenters. The molecule has 3 heteroatoms. The van der Waals surface area contributed by atoms with Gasteiger partial charge in [-0.05, 0) is 26.0 Å². The SMILES string of the molecule is CC(=O)N(C)C(C)c1ccc(C)s1. The second kappa shape index (κ2) is 3.92. The molecule has 0 spiro atoms. The van der Waals surface area contributed by atoms with Crippen LogP contribution in [0.5, 0.6) is 0 Å². The average Bonchev–Trinajstić information content (AvgIpc) is 2.49. The molecule has 1 amide bonds. The zero-order valence-corrected chi connectivity index (χ0v) is 9.31. The zero-order chi connectivity index (χ0) is 10.0. The molecular weight excluding hydrogens is 182 g/mol. The molecule has 0 saturated carbocycles. The van der Waals surface area contributed by atoms with Crippen molar-refractivity contribution in [3.05, 3.63) is 21.9 Å². The van der Waals surface area contributed by atoms with Crippen LogP contribution in [0.3, 0.4) is 0 Å². The standard InChI is InChI=1S/C10H15NOS/c1-7-5-6-10(13-7)8(2)11(4)9(3)12/h5-6,8H,1-4H3. The van der Waals surface area contributed by atoms with Crippen LogP contribution in [0.15, 0.2) is 12.1 Å². The summed E-state index contributed by atoms with van der Waals surface area (Å²) in [6.45, 7) is 5.72. The second-order valence-electron chi connectivity index (χ2n) is 3.25. The predicted octanol–water partition coefficient (Wildman–Crippen LogP) is 2.60. The van der Waals surface area contributed by atoms with Crippen molar-refractivity contribution in [1.82, 2.24) is 4.90 Å². The Morgan fingerprint density at radius 1 is 1.54 bits per heavy atom. The molecule has 1 unspecified atom stereocenters. The lowest BCUT2D eigenvalue weighted by Gasteiger charge is -2.22. The summed E-state index contributed by atoms with van der Waals surface area (Å²) in [4.78, 5) is 15.4. The second-order valence-corrected chi connectivity index (χ2v) is 4.57. The molecule has 1 aromatic heterocycles. The van der Waals surface area contributed by atoms with Gasteiger partial charge in [0.1, 0.15) is 0 Å². The molecule has 0 fully saturated rings. The van der Waals surface area contributed by atoms with Gasteiger partial charge in [0, 0.05) is 23.7 Å². The topological polar surface area (TPSA) is 20.3 Å². The van der Waals surface area contributed by atoms with Gasteiger partial charge in [-0.25, -0.2) is 0 Å². The van der Waals surface area contributed by atoms with E-state index in [2.05, 4.69) is 19.1 Å². The van der Waals surface area contributed by atoms with Gasteiger partial charge in [0.2, 0.25) is 5.91 Å². The number of aryl methyl sites for hydroxylation is 1. The van der Waals surface area contributed by atoms with E-state index in [-0.39, 0.29) is 11.9 Å². The average molecular weight is 197 g/mol. The molecule has 0 saturated heterocycles. The van der Waals surface area contributed by atoms with Gasteiger partial charge in [-0.15, -0.1) is 11.3 Å². The number of hydrogen-bond acceptors (Lipinski definition) is 2. The third kappa shape index (κ3) is 2.31. The maximum absolute atomic E-state index is 11.1. The monoisotopic (exact) mass is 197 g/mol. The maximum atomic E-state index is 11.1. The molecule has 1 rings (SSSR count). The highest BCUT2D eigenvalue weighted by molar-refractivity contribution is 7.12. The number of carbonyl (C=O) groups excluding carboxylic acids is 1. The summed E-state index contributed by atoms with van der Waals surface area (Å²) in [5, 5.41) is 0. The summed E-state index contributed by atoms with van der Waals surface area (Å²) in [6.07, 6.45) is 0. The van der Waals surface area contributed by atoms with Gasteiger partial charge in [-0.2, -0.15) is 0 Å². The largest absolute Gasteiger partial charge is 0.338 e. The molecule has 13 heavy (non-hydrogen) atoms. The highest BCUT2D eigenvalue weighted by Gasteiger charge is 2.14. The van der Waals surface area contributed by atoms with Crippen molar-refractivity contribution in [3.63, 3.8) is 0 Å². The molecule has 2 nitrogen and oxygen atoms in total. The fraction of sp³-hybridized carbons (Fsp3) is 0.500. The van der Waals surface area contributed by atoms with Crippen LogP contribution < -0.4 is 0 Å². The third-order valence-electron chi connectivity index (χ3n) is 2.25. The van der Waals surface area contributed by atoms with Gasteiger partial charge in [0.05, 0.1) is 6.04 Å². The van der Waals surface area contributed by atoms with Crippen LogP contribution >= 0.6 is 11.3 Å². The van der Waals surface area contributed by atoms with E-state index in [4.69, 9.17) is 0 Å². The van der Waals surface area contributed by atoms with Crippen LogP contribution in [0.25, 0.3) is 0 Å². The van der Waals surface area contributed by atoms with E-state index in [1.807, 2.05) is 14.0 Å². The van der Waals surface area contributed by atoms with E-state index in [0.29, 0.717) is 0 Å². The van der Waals surface area contributed by atoms with E-state index in [1.54, 1.807) is 23.2 Å². The lowest BCUT2D eigenvalue weighted by atomic mass is 10.2. The summed E-state index contributed by atoms with van der Waals surface area (Å²) < 4.78 is 0. The molecular formula is C10H15NOS. The van der Waals surface area contributed by atoms with Crippen molar-refractivity contribution >= 4 is 17.2 Å². The highest BCUT2D eigenvalue weighted by atomic mass is 32.1. The van der Waals surface area contributed by atoms with E-state index >= 15 is 0 Å². The number of hydrogen-bond donors (Lipinski definition) is 0. The molecule has 1 aromatic rings. The van der Waals surface area contributed by atoms with E-state index < -0.39 is 0 Å². The minimum Gasteiger partial charge on any atom is -0.338 e. The van der Waals surface area contributed by atoms with Crippen LogP contribution in [0.1, 0.15) is 29.6 Å². The van der Waals surface area contributed by atoms with E-state index in [1.165, 1.54) is 9.75 Å². The van der Waals surface area contributed by atoms with E-state index in [9.17, 15) is 4.79 Å². The Bertz CT molecular complexity index is 306. The normalized spacial score (nSPS) is 12.6. The van der Waals surface area contributed by atoms with Gasteiger partial charge < -0.3 is 4.90 Å². The molecule has 0 N–H and O–H groups in total. The summed E-state index contributed by atoms with van der Waals surface area (Å²) in [7, 11) is 1.84. The maximum Gasteiger partial charge on any atom is 0.219 e. The van der Waals surface area contributed by atoms with Gasteiger partial charge >= 0.3 is 0 Å². The van der Waals surface area contributed by atoms with Crippen LogP contribution in [-0.2, 0) is 4.79 Å². The number of carbonyl (C=O) groups is 1. The van der Waals surface area contributed by atoms with Crippen molar-refractivity contribution in [3.8, 4) is 0 Å². The molecule has 0 aromatic carbocycles. The Balaban J connectivity index is 2.78. The quantitative estimate of drug-likeness (QED) is 0.713. The first-order chi connectivity index (χ1) is 6.02. The summed E-state index contributed by atoms with van der Waals surface area (Å²) in [5.74, 6) is 0.110. The third-order valence-corrected chi connectivity index (χ3v) is 3.42. The molecule has 0 aliphatic rings. The summed E-state index contributed by atoms with van der Waals surface area (Å²) in [6, 6.07) is 4.37. The Labute approximate surface area is 83.2 Å². The van der Waals surface area contributed by atoms with Gasteiger partial charge in [-0.3, -0.25) is 4.79 Å². The Kier molecular flexibility index (Phi) is 3.09.